The molecule has 0 aromatic rings. The zero-order chi connectivity index (χ0) is 21.4. The van der Waals surface area contributed by atoms with Crippen LogP contribution in [-0.4, -0.2) is 38.9 Å². The monoisotopic (exact) mass is 426 g/mol. The summed E-state index contributed by atoms with van der Waals surface area (Å²) in [4.78, 5) is 10.6. The van der Waals surface area contributed by atoms with Crippen molar-refractivity contribution >= 4 is 17.6 Å². The van der Waals surface area contributed by atoms with Crippen molar-refractivity contribution < 1.29 is 20.1 Å². The molecule has 0 heterocycles. The zero-order valence-corrected chi connectivity index (χ0v) is 18.7. The van der Waals surface area contributed by atoms with E-state index in [1.807, 2.05) is 6.08 Å². The van der Waals surface area contributed by atoms with E-state index in [1.54, 1.807) is 0 Å². The quantitative estimate of drug-likeness (QED) is 0.224. The van der Waals surface area contributed by atoms with Gasteiger partial charge in [-0.25, -0.2) is 0 Å². The number of carbonyl (C=O) groups is 1. The van der Waals surface area contributed by atoms with Crippen molar-refractivity contribution in [3.05, 3.63) is 24.3 Å². The number of rotatable bonds is 12. The van der Waals surface area contributed by atoms with Crippen LogP contribution in [0.5, 0.6) is 0 Å². The molecule has 0 spiro atoms. The minimum absolute atomic E-state index is 0.0100. The summed E-state index contributed by atoms with van der Waals surface area (Å²) in [6, 6.07) is 0. The molecule has 2 aliphatic rings. The van der Waals surface area contributed by atoms with Gasteiger partial charge < -0.3 is 15.3 Å². The van der Waals surface area contributed by atoms with Gasteiger partial charge in [-0.1, -0.05) is 44.6 Å². The van der Waals surface area contributed by atoms with Crippen molar-refractivity contribution in [1.82, 2.24) is 0 Å². The molecule has 0 amide bonds. The van der Waals surface area contributed by atoms with E-state index < -0.39 is 12.1 Å². The third kappa shape index (κ3) is 7.11. The Kier molecular flexibility index (Phi) is 9.71. The molecular formula is C24H39ClO4. The lowest BCUT2D eigenvalue weighted by atomic mass is 9.60. The Morgan fingerprint density at radius 3 is 2.55 bits per heavy atom. The van der Waals surface area contributed by atoms with Crippen LogP contribution in [0.2, 0.25) is 0 Å². The van der Waals surface area contributed by atoms with Crippen LogP contribution < -0.4 is 0 Å². The molecular weight excluding hydrogens is 388 g/mol. The molecule has 2 aliphatic carbocycles. The maximum Gasteiger partial charge on any atom is 0.303 e. The average molecular weight is 427 g/mol. The first-order chi connectivity index (χ1) is 13.7. The second-order valence-electron chi connectivity index (χ2n) is 9.55. The SMILES string of the molecule is CC(C)CC1(C(O)C/C=C/[C@@H]2[C@@H](C/C=C\CCCC(=O)O)[C@H](Cl)C[C@H]2O)CCC1. The molecule has 2 saturated carbocycles. The summed E-state index contributed by atoms with van der Waals surface area (Å²) in [7, 11) is 0. The maximum absolute atomic E-state index is 10.8. The first-order valence-electron chi connectivity index (χ1n) is 11.3. The molecule has 3 N–H and O–H groups in total. The predicted molar refractivity (Wildman–Crippen MR) is 118 cm³/mol. The number of carboxylic acid groups (broad SMARTS) is 1. The van der Waals surface area contributed by atoms with Crippen molar-refractivity contribution in [2.75, 3.05) is 0 Å². The third-order valence-electron chi connectivity index (χ3n) is 6.79. The minimum Gasteiger partial charge on any atom is -0.481 e. The van der Waals surface area contributed by atoms with Crippen molar-refractivity contribution in [1.29, 1.82) is 0 Å². The van der Waals surface area contributed by atoms with Gasteiger partial charge in [0.1, 0.15) is 0 Å². The van der Waals surface area contributed by atoms with Crippen LogP contribution in [0.4, 0.5) is 0 Å². The van der Waals surface area contributed by atoms with Gasteiger partial charge >= 0.3 is 5.97 Å². The van der Waals surface area contributed by atoms with E-state index in [0.29, 0.717) is 25.2 Å². The highest BCUT2D eigenvalue weighted by molar-refractivity contribution is 6.21. The van der Waals surface area contributed by atoms with Gasteiger partial charge in [-0.05, 0) is 68.6 Å². The Balaban J connectivity index is 1.86. The lowest BCUT2D eigenvalue weighted by Crippen LogP contribution is -2.42. The van der Waals surface area contributed by atoms with Gasteiger partial charge in [-0.15, -0.1) is 11.6 Å². The van der Waals surface area contributed by atoms with Gasteiger partial charge in [0.05, 0.1) is 12.2 Å². The van der Waals surface area contributed by atoms with Crippen LogP contribution in [0, 0.1) is 23.2 Å². The number of alkyl halides is 1. The Hall–Kier alpha value is -0.840. The molecule has 2 fully saturated rings. The minimum atomic E-state index is -0.761. The van der Waals surface area contributed by atoms with Crippen LogP contribution in [-0.2, 0) is 4.79 Å². The summed E-state index contributed by atoms with van der Waals surface area (Å²) < 4.78 is 0. The first-order valence-corrected chi connectivity index (χ1v) is 11.7. The predicted octanol–water partition coefficient (Wildman–Crippen LogP) is 5.32. The summed E-state index contributed by atoms with van der Waals surface area (Å²) in [6.07, 6.45) is 15.6. The molecule has 0 saturated heterocycles. The highest BCUT2D eigenvalue weighted by Crippen LogP contribution is 2.49. The topological polar surface area (TPSA) is 77.8 Å². The molecule has 1 unspecified atom stereocenters. The fourth-order valence-corrected chi connectivity index (χ4v) is 5.59. The van der Waals surface area contributed by atoms with Crippen molar-refractivity contribution in [2.24, 2.45) is 23.2 Å². The summed E-state index contributed by atoms with van der Waals surface area (Å²) >= 11 is 6.50. The van der Waals surface area contributed by atoms with Crippen LogP contribution in [0.15, 0.2) is 24.3 Å². The number of aliphatic hydroxyl groups excluding tert-OH is 2. The van der Waals surface area contributed by atoms with Gasteiger partial charge in [0.2, 0.25) is 0 Å². The number of hydrogen-bond donors (Lipinski definition) is 3. The Morgan fingerprint density at radius 1 is 1.24 bits per heavy atom. The maximum atomic E-state index is 10.8. The van der Waals surface area contributed by atoms with E-state index in [0.717, 1.165) is 32.1 Å². The van der Waals surface area contributed by atoms with Crippen molar-refractivity contribution in [2.45, 2.75) is 95.6 Å². The molecule has 5 atom stereocenters. The Morgan fingerprint density at radius 2 is 1.97 bits per heavy atom. The summed E-state index contributed by atoms with van der Waals surface area (Å²) in [6.45, 7) is 4.44. The van der Waals surface area contributed by atoms with E-state index in [2.05, 4.69) is 32.1 Å². The van der Waals surface area contributed by atoms with Crippen LogP contribution >= 0.6 is 11.6 Å². The van der Waals surface area contributed by atoms with Gasteiger partial charge in [-0.2, -0.15) is 0 Å². The number of aliphatic hydroxyl groups is 2. The van der Waals surface area contributed by atoms with E-state index >= 15 is 0 Å². The van der Waals surface area contributed by atoms with Crippen molar-refractivity contribution in [3.8, 4) is 0 Å². The number of unbranched alkanes of at least 4 members (excludes halogenated alkanes) is 1. The third-order valence-corrected chi connectivity index (χ3v) is 7.30. The van der Waals surface area contributed by atoms with Gasteiger partial charge in [0.25, 0.3) is 0 Å². The Labute approximate surface area is 181 Å². The van der Waals surface area contributed by atoms with Gasteiger partial charge in [0, 0.05) is 17.7 Å². The highest BCUT2D eigenvalue weighted by atomic mass is 35.5. The van der Waals surface area contributed by atoms with Crippen LogP contribution in [0.1, 0.15) is 78.1 Å². The molecule has 0 aromatic heterocycles. The van der Waals surface area contributed by atoms with E-state index in [-0.39, 0.29) is 35.2 Å². The number of hydrogen-bond acceptors (Lipinski definition) is 3. The summed E-state index contributed by atoms with van der Waals surface area (Å²) in [5, 5.41) is 29.9. The molecule has 166 valence electrons. The zero-order valence-electron chi connectivity index (χ0n) is 18.0. The van der Waals surface area contributed by atoms with Gasteiger partial charge in [0.15, 0.2) is 0 Å². The summed E-state index contributed by atoms with van der Waals surface area (Å²) in [5.41, 5.74) is 0.0832. The molecule has 29 heavy (non-hydrogen) atoms. The molecule has 0 radical (unpaired) electrons. The lowest BCUT2D eigenvalue weighted by molar-refractivity contribution is -0.137. The summed E-state index contributed by atoms with van der Waals surface area (Å²) in [5.74, 6) is 0.0109. The molecule has 5 heteroatoms. The Bertz CT molecular complexity index is 567. The largest absolute Gasteiger partial charge is 0.481 e. The molecule has 0 aliphatic heterocycles. The normalized spacial score (nSPS) is 30.3. The second-order valence-corrected chi connectivity index (χ2v) is 10.1. The number of allylic oxidation sites excluding steroid dienone is 2. The van der Waals surface area contributed by atoms with E-state index in [9.17, 15) is 15.0 Å². The fourth-order valence-electron chi connectivity index (χ4n) is 5.14. The number of aliphatic carboxylic acids is 1. The van der Waals surface area contributed by atoms with E-state index in [4.69, 9.17) is 16.7 Å². The molecule has 0 aromatic carbocycles. The average Bonchev–Trinajstić information content (AvgIpc) is 2.87. The first kappa shape index (κ1) is 24.4. The lowest BCUT2D eigenvalue weighted by Gasteiger charge is -2.46. The van der Waals surface area contributed by atoms with Crippen LogP contribution in [0.25, 0.3) is 0 Å². The van der Waals surface area contributed by atoms with E-state index in [1.165, 1.54) is 6.42 Å². The van der Waals surface area contributed by atoms with Crippen LogP contribution in [0.3, 0.4) is 0 Å². The number of halogens is 1. The van der Waals surface area contributed by atoms with Crippen molar-refractivity contribution in [3.63, 3.8) is 0 Å². The molecule has 0 bridgehead atoms. The fraction of sp³-hybridized carbons (Fsp3) is 0.792. The molecule has 2 rings (SSSR count). The molecule has 4 nitrogen and oxygen atoms in total. The number of carboxylic acids is 1. The van der Waals surface area contributed by atoms with Gasteiger partial charge in [-0.3, -0.25) is 4.79 Å². The second kappa shape index (κ2) is 11.5. The standard InChI is InChI=1S/C24H39ClO4/c1-17(2)16-24(13-8-14-24)22(27)11-7-10-19-18(20(25)15-21(19)26)9-5-3-4-6-12-23(28)29/h3,5,7,10,17-22,26-27H,4,6,8-9,11-16H2,1-2H3,(H,28,29)/b5-3-,10-7+/t18-,19-,20-,21-,22?/m1/s1. The highest BCUT2D eigenvalue weighted by Gasteiger charge is 2.43. The smallest absolute Gasteiger partial charge is 0.303 e.